The Labute approximate surface area is 110 Å². The monoisotopic (exact) mass is 274 g/mol. The van der Waals surface area contributed by atoms with E-state index in [0.717, 1.165) is 22.2 Å². The normalized spacial score (nSPS) is 12.4. The predicted octanol–water partition coefficient (Wildman–Crippen LogP) is 1.97. The van der Waals surface area contributed by atoms with Gasteiger partial charge in [0.15, 0.2) is 0 Å². The highest BCUT2D eigenvalue weighted by atomic mass is 32.2. The van der Waals surface area contributed by atoms with Crippen molar-refractivity contribution in [2.75, 3.05) is 12.4 Å². The lowest BCUT2D eigenvalue weighted by Gasteiger charge is -2.09. The Kier molecular flexibility index (Phi) is 6.54. The fraction of sp³-hybridized carbons (Fsp3) is 0.636. The van der Waals surface area contributed by atoms with Crippen LogP contribution in [0.5, 0.6) is 0 Å². The van der Waals surface area contributed by atoms with E-state index in [4.69, 9.17) is 10.5 Å². The zero-order chi connectivity index (χ0) is 12.7. The number of thioether (sulfide) groups is 1. The van der Waals surface area contributed by atoms with Gasteiger partial charge in [-0.05, 0) is 26.0 Å². The Morgan fingerprint density at radius 2 is 2.47 bits per heavy atom. The van der Waals surface area contributed by atoms with Crippen molar-refractivity contribution in [3.05, 3.63) is 16.1 Å². The van der Waals surface area contributed by atoms with E-state index in [1.807, 2.05) is 12.3 Å². The van der Waals surface area contributed by atoms with Crippen molar-refractivity contribution in [3.63, 3.8) is 0 Å². The van der Waals surface area contributed by atoms with Gasteiger partial charge in [-0.2, -0.15) is 11.8 Å². The molecule has 0 radical (unpaired) electrons. The number of carbonyl (C=O) groups excluding carboxylic acids is 1. The van der Waals surface area contributed by atoms with Gasteiger partial charge in [0.25, 0.3) is 0 Å². The average molecular weight is 274 g/mol. The van der Waals surface area contributed by atoms with E-state index in [9.17, 15) is 4.79 Å². The zero-order valence-corrected chi connectivity index (χ0v) is 11.8. The van der Waals surface area contributed by atoms with Gasteiger partial charge in [-0.1, -0.05) is 0 Å². The number of aromatic nitrogens is 1. The van der Waals surface area contributed by atoms with Crippen molar-refractivity contribution < 1.29 is 9.53 Å². The molecule has 0 saturated carbocycles. The fourth-order valence-electron chi connectivity index (χ4n) is 1.21. The van der Waals surface area contributed by atoms with E-state index >= 15 is 0 Å². The van der Waals surface area contributed by atoms with Gasteiger partial charge in [0, 0.05) is 16.8 Å². The molecule has 17 heavy (non-hydrogen) atoms. The number of hydrogen-bond acceptors (Lipinski definition) is 6. The fourth-order valence-corrected chi connectivity index (χ4v) is 3.09. The Morgan fingerprint density at radius 1 is 1.71 bits per heavy atom. The van der Waals surface area contributed by atoms with Crippen molar-refractivity contribution in [2.24, 2.45) is 5.73 Å². The first-order valence-electron chi connectivity index (χ1n) is 5.54. The van der Waals surface area contributed by atoms with E-state index < -0.39 is 6.04 Å². The van der Waals surface area contributed by atoms with Gasteiger partial charge in [-0.3, -0.25) is 4.79 Å². The van der Waals surface area contributed by atoms with Crippen LogP contribution in [0.1, 0.15) is 24.0 Å². The van der Waals surface area contributed by atoms with E-state index in [2.05, 4.69) is 4.98 Å². The summed E-state index contributed by atoms with van der Waals surface area (Å²) < 4.78 is 4.84. The van der Waals surface area contributed by atoms with Crippen molar-refractivity contribution in [1.82, 2.24) is 4.98 Å². The largest absolute Gasteiger partial charge is 0.465 e. The maximum absolute atomic E-state index is 11.2. The molecule has 1 aromatic heterocycles. The molecule has 6 heteroatoms. The molecule has 4 nitrogen and oxygen atoms in total. The van der Waals surface area contributed by atoms with Gasteiger partial charge in [-0.15, -0.1) is 11.3 Å². The lowest BCUT2D eigenvalue weighted by atomic mass is 10.2. The van der Waals surface area contributed by atoms with Crippen molar-refractivity contribution in [2.45, 2.75) is 32.1 Å². The molecule has 2 N–H and O–H groups in total. The van der Waals surface area contributed by atoms with Gasteiger partial charge >= 0.3 is 5.97 Å². The second-order valence-corrected chi connectivity index (χ2v) is 5.63. The standard InChI is InChI=1S/C11H18N2O2S2/c1-3-15-11(14)9(12)4-5-16-7-10-13-8(2)6-17-10/h6,9H,3-5,7,12H2,1-2H3. The molecule has 0 bridgehead atoms. The maximum atomic E-state index is 11.2. The second-order valence-electron chi connectivity index (χ2n) is 3.58. The lowest BCUT2D eigenvalue weighted by molar-refractivity contribution is -0.144. The number of hydrogen-bond donors (Lipinski definition) is 1. The molecule has 96 valence electrons. The van der Waals surface area contributed by atoms with E-state index in [0.29, 0.717) is 13.0 Å². The molecule has 0 spiro atoms. The molecule has 1 heterocycles. The first-order chi connectivity index (χ1) is 8.13. The van der Waals surface area contributed by atoms with Gasteiger partial charge in [0.2, 0.25) is 0 Å². The third-order valence-electron chi connectivity index (χ3n) is 2.05. The highest BCUT2D eigenvalue weighted by Gasteiger charge is 2.13. The minimum absolute atomic E-state index is 0.307. The van der Waals surface area contributed by atoms with Crippen molar-refractivity contribution >= 4 is 29.1 Å². The van der Waals surface area contributed by atoms with Gasteiger partial charge in [-0.25, -0.2) is 4.98 Å². The predicted molar refractivity (Wildman–Crippen MR) is 72.2 cm³/mol. The average Bonchev–Trinajstić information content (AvgIpc) is 2.70. The van der Waals surface area contributed by atoms with Gasteiger partial charge in [0.05, 0.1) is 6.61 Å². The number of carbonyl (C=O) groups is 1. The lowest BCUT2D eigenvalue weighted by Crippen LogP contribution is -2.32. The van der Waals surface area contributed by atoms with E-state index in [1.165, 1.54) is 0 Å². The quantitative estimate of drug-likeness (QED) is 0.608. The van der Waals surface area contributed by atoms with Crippen LogP contribution in [0.2, 0.25) is 0 Å². The van der Waals surface area contributed by atoms with Crippen LogP contribution in [0.15, 0.2) is 5.38 Å². The Morgan fingerprint density at radius 3 is 3.06 bits per heavy atom. The number of nitrogens with two attached hydrogens (primary N) is 1. The Hall–Kier alpha value is -0.590. The highest BCUT2D eigenvalue weighted by Crippen LogP contribution is 2.17. The van der Waals surface area contributed by atoms with E-state index in [-0.39, 0.29) is 5.97 Å². The highest BCUT2D eigenvalue weighted by molar-refractivity contribution is 7.98. The van der Waals surface area contributed by atoms with Crippen LogP contribution in [-0.2, 0) is 15.3 Å². The number of aryl methyl sites for hydroxylation is 1. The molecule has 0 aliphatic rings. The summed E-state index contributed by atoms with van der Waals surface area (Å²) in [6, 6.07) is -0.500. The van der Waals surface area contributed by atoms with Crippen molar-refractivity contribution in [1.29, 1.82) is 0 Å². The second kappa shape index (κ2) is 7.68. The molecular formula is C11H18N2O2S2. The first-order valence-corrected chi connectivity index (χ1v) is 7.58. The van der Waals surface area contributed by atoms with Gasteiger partial charge < -0.3 is 10.5 Å². The third kappa shape index (κ3) is 5.52. The summed E-state index contributed by atoms with van der Waals surface area (Å²) in [5.41, 5.74) is 6.75. The van der Waals surface area contributed by atoms with E-state index in [1.54, 1.807) is 30.0 Å². The zero-order valence-electron chi connectivity index (χ0n) is 10.1. The SMILES string of the molecule is CCOC(=O)C(N)CCSCc1nc(C)cs1. The Balaban J connectivity index is 2.13. The molecule has 0 saturated heterocycles. The van der Waals surface area contributed by atoms with Crippen LogP contribution in [0.4, 0.5) is 0 Å². The molecule has 1 atom stereocenters. The smallest absolute Gasteiger partial charge is 0.322 e. The third-order valence-corrected chi connectivity index (χ3v) is 4.21. The number of rotatable bonds is 7. The number of esters is 1. The van der Waals surface area contributed by atoms with Crippen LogP contribution in [0.25, 0.3) is 0 Å². The molecule has 1 unspecified atom stereocenters. The van der Waals surface area contributed by atoms with Crippen LogP contribution in [0.3, 0.4) is 0 Å². The summed E-state index contributed by atoms with van der Waals surface area (Å²) in [6.07, 6.45) is 0.647. The maximum Gasteiger partial charge on any atom is 0.322 e. The summed E-state index contributed by atoms with van der Waals surface area (Å²) in [6.45, 7) is 4.16. The number of nitrogens with zero attached hydrogens (tertiary/aromatic N) is 1. The summed E-state index contributed by atoms with van der Waals surface area (Å²) in [5, 5.41) is 3.16. The van der Waals surface area contributed by atoms with Crippen molar-refractivity contribution in [3.8, 4) is 0 Å². The minimum atomic E-state index is -0.500. The number of thiazole rings is 1. The number of ether oxygens (including phenoxy) is 1. The summed E-state index contributed by atoms with van der Waals surface area (Å²) in [5.74, 6) is 1.42. The molecule has 0 aliphatic heterocycles. The summed E-state index contributed by atoms with van der Waals surface area (Å²) >= 11 is 3.41. The molecule has 0 aromatic carbocycles. The van der Waals surface area contributed by atoms with Crippen LogP contribution >= 0.6 is 23.1 Å². The minimum Gasteiger partial charge on any atom is -0.465 e. The molecule has 0 amide bonds. The first kappa shape index (κ1) is 14.5. The van der Waals surface area contributed by atoms with Crippen LogP contribution in [0, 0.1) is 6.92 Å². The summed E-state index contributed by atoms with van der Waals surface area (Å²) in [4.78, 5) is 15.6. The molecule has 0 aliphatic carbocycles. The molecular weight excluding hydrogens is 256 g/mol. The van der Waals surface area contributed by atoms with Gasteiger partial charge in [0.1, 0.15) is 11.0 Å². The van der Waals surface area contributed by atoms with Crippen LogP contribution < -0.4 is 5.73 Å². The molecule has 1 aromatic rings. The molecule has 0 fully saturated rings. The molecule has 1 rings (SSSR count). The topological polar surface area (TPSA) is 65.2 Å². The van der Waals surface area contributed by atoms with Crippen LogP contribution in [-0.4, -0.2) is 29.4 Å². The summed E-state index contributed by atoms with van der Waals surface area (Å²) in [7, 11) is 0. The Bertz CT molecular complexity index is 355.